The fourth-order valence-corrected chi connectivity index (χ4v) is 2.52. The third-order valence-corrected chi connectivity index (χ3v) is 3.91. The number of rotatable bonds is 5. The Morgan fingerprint density at radius 1 is 0.926 bits per heavy atom. The van der Waals surface area contributed by atoms with Gasteiger partial charge >= 0.3 is 5.91 Å². The molecule has 138 valence electrons. The molecule has 0 unspecified atom stereocenters. The molecule has 1 aromatic heterocycles. The molecule has 0 saturated carbocycles. The number of benzene rings is 2. The number of carbonyl (C=O) groups is 2. The number of hydrazine groups is 1. The van der Waals surface area contributed by atoms with Crippen molar-refractivity contribution in [2.45, 2.75) is 20.5 Å². The number of hydrogen-bond acceptors (Lipinski definition) is 4. The molecule has 6 heteroatoms. The predicted molar refractivity (Wildman–Crippen MR) is 100 cm³/mol. The molecule has 0 aliphatic rings. The van der Waals surface area contributed by atoms with Crippen LogP contribution < -0.4 is 15.6 Å². The third-order valence-electron chi connectivity index (χ3n) is 3.91. The molecule has 3 rings (SSSR count). The van der Waals surface area contributed by atoms with Crippen LogP contribution in [0.1, 0.15) is 37.8 Å². The molecule has 2 aromatic carbocycles. The lowest BCUT2D eigenvalue weighted by atomic mass is 10.1. The second-order valence-corrected chi connectivity index (χ2v) is 6.10. The van der Waals surface area contributed by atoms with Crippen molar-refractivity contribution in [1.82, 2.24) is 10.9 Å². The van der Waals surface area contributed by atoms with Gasteiger partial charge in [-0.15, -0.1) is 0 Å². The van der Waals surface area contributed by atoms with Crippen LogP contribution in [-0.4, -0.2) is 11.8 Å². The summed E-state index contributed by atoms with van der Waals surface area (Å²) in [6.45, 7) is 4.19. The van der Waals surface area contributed by atoms with Crippen LogP contribution in [0.3, 0.4) is 0 Å². The molecule has 27 heavy (non-hydrogen) atoms. The van der Waals surface area contributed by atoms with E-state index in [-0.39, 0.29) is 12.4 Å². The maximum atomic E-state index is 12.1. The van der Waals surface area contributed by atoms with E-state index in [1.54, 1.807) is 36.4 Å². The molecule has 0 saturated heterocycles. The molecular formula is C21H20N2O4. The predicted octanol–water partition coefficient (Wildman–Crippen LogP) is 3.55. The molecule has 0 aliphatic carbocycles. The van der Waals surface area contributed by atoms with Crippen molar-refractivity contribution < 1.29 is 18.7 Å². The van der Waals surface area contributed by atoms with Crippen molar-refractivity contribution in [3.8, 4) is 5.75 Å². The first kappa shape index (κ1) is 18.3. The average Bonchev–Trinajstić information content (AvgIpc) is 3.15. The number of hydrogen-bond donors (Lipinski definition) is 2. The van der Waals surface area contributed by atoms with Gasteiger partial charge < -0.3 is 9.15 Å². The SMILES string of the molecule is Cc1ccc(OCc2ccc(C(=O)NNC(=O)c3ccccc3)o2)c(C)c1. The van der Waals surface area contributed by atoms with E-state index >= 15 is 0 Å². The Balaban J connectivity index is 1.53. The van der Waals surface area contributed by atoms with Gasteiger partial charge in [0.1, 0.15) is 18.1 Å². The molecular weight excluding hydrogens is 344 g/mol. The maximum Gasteiger partial charge on any atom is 0.305 e. The van der Waals surface area contributed by atoms with Gasteiger partial charge in [-0.25, -0.2) is 0 Å². The standard InChI is InChI=1S/C21H20N2O4/c1-14-8-10-18(15(2)12-14)26-13-17-9-11-19(27-17)21(25)23-22-20(24)16-6-4-3-5-7-16/h3-12H,13H2,1-2H3,(H,22,24)(H,23,25). The van der Waals surface area contributed by atoms with Gasteiger partial charge in [0.25, 0.3) is 5.91 Å². The molecule has 2 N–H and O–H groups in total. The summed E-state index contributed by atoms with van der Waals surface area (Å²) >= 11 is 0. The van der Waals surface area contributed by atoms with Crippen LogP contribution in [0.5, 0.6) is 5.75 Å². The van der Waals surface area contributed by atoms with Gasteiger partial charge in [0.2, 0.25) is 0 Å². The number of furan rings is 1. The quantitative estimate of drug-likeness (QED) is 0.679. The maximum absolute atomic E-state index is 12.1. The van der Waals surface area contributed by atoms with Crippen molar-refractivity contribution >= 4 is 11.8 Å². The number of aryl methyl sites for hydroxylation is 2. The van der Waals surface area contributed by atoms with E-state index < -0.39 is 11.8 Å². The zero-order chi connectivity index (χ0) is 19.2. The van der Waals surface area contributed by atoms with E-state index in [4.69, 9.17) is 9.15 Å². The van der Waals surface area contributed by atoms with Crippen LogP contribution in [-0.2, 0) is 6.61 Å². The first-order valence-electron chi connectivity index (χ1n) is 8.47. The summed E-state index contributed by atoms with van der Waals surface area (Å²) in [6.07, 6.45) is 0. The summed E-state index contributed by atoms with van der Waals surface area (Å²) in [5, 5.41) is 0. The van der Waals surface area contributed by atoms with E-state index in [1.165, 1.54) is 6.07 Å². The molecule has 1 heterocycles. The molecule has 0 radical (unpaired) electrons. The van der Waals surface area contributed by atoms with E-state index in [9.17, 15) is 9.59 Å². The van der Waals surface area contributed by atoms with Crippen LogP contribution in [0.15, 0.2) is 65.1 Å². The van der Waals surface area contributed by atoms with Crippen LogP contribution in [0.25, 0.3) is 0 Å². The van der Waals surface area contributed by atoms with E-state index in [1.807, 2.05) is 32.0 Å². The molecule has 0 bridgehead atoms. The first-order valence-corrected chi connectivity index (χ1v) is 8.47. The van der Waals surface area contributed by atoms with Gasteiger partial charge in [0.15, 0.2) is 5.76 Å². The Morgan fingerprint density at radius 2 is 1.67 bits per heavy atom. The lowest BCUT2D eigenvalue weighted by Crippen LogP contribution is -2.41. The van der Waals surface area contributed by atoms with Crippen LogP contribution in [0.2, 0.25) is 0 Å². The van der Waals surface area contributed by atoms with Crippen molar-refractivity contribution in [2.24, 2.45) is 0 Å². The van der Waals surface area contributed by atoms with Gasteiger partial charge in [-0.2, -0.15) is 0 Å². The van der Waals surface area contributed by atoms with Crippen molar-refractivity contribution in [3.05, 3.63) is 88.9 Å². The summed E-state index contributed by atoms with van der Waals surface area (Å²) in [7, 11) is 0. The minimum absolute atomic E-state index is 0.0857. The van der Waals surface area contributed by atoms with Gasteiger partial charge in [-0.1, -0.05) is 35.9 Å². The van der Waals surface area contributed by atoms with Gasteiger partial charge in [0.05, 0.1) is 0 Å². The largest absolute Gasteiger partial charge is 0.485 e. The monoisotopic (exact) mass is 364 g/mol. The molecule has 6 nitrogen and oxygen atoms in total. The van der Waals surface area contributed by atoms with Crippen molar-refractivity contribution in [3.63, 3.8) is 0 Å². The number of ether oxygens (including phenoxy) is 1. The second kappa shape index (κ2) is 8.23. The summed E-state index contributed by atoms with van der Waals surface area (Å²) < 4.78 is 11.2. The third kappa shape index (κ3) is 4.76. The zero-order valence-corrected chi connectivity index (χ0v) is 15.1. The van der Waals surface area contributed by atoms with Gasteiger partial charge in [-0.05, 0) is 49.7 Å². The normalized spacial score (nSPS) is 10.3. The lowest BCUT2D eigenvalue weighted by Gasteiger charge is -2.08. The summed E-state index contributed by atoms with van der Waals surface area (Å²) in [5.74, 6) is 0.404. The topological polar surface area (TPSA) is 80.6 Å². The van der Waals surface area contributed by atoms with E-state index in [2.05, 4.69) is 10.9 Å². The molecule has 0 spiro atoms. The van der Waals surface area contributed by atoms with Crippen molar-refractivity contribution in [1.29, 1.82) is 0 Å². The Morgan fingerprint density at radius 3 is 2.41 bits per heavy atom. The minimum atomic E-state index is -0.544. The smallest absolute Gasteiger partial charge is 0.305 e. The Bertz CT molecular complexity index is 948. The molecule has 0 atom stereocenters. The van der Waals surface area contributed by atoms with E-state index in [0.29, 0.717) is 11.3 Å². The first-order chi connectivity index (χ1) is 13.0. The average molecular weight is 364 g/mol. The fourth-order valence-electron chi connectivity index (χ4n) is 2.52. The highest BCUT2D eigenvalue weighted by atomic mass is 16.5. The molecule has 0 aliphatic heterocycles. The number of carbonyl (C=O) groups excluding carboxylic acids is 2. The Hall–Kier alpha value is -3.54. The highest BCUT2D eigenvalue weighted by Gasteiger charge is 2.13. The number of amides is 2. The zero-order valence-electron chi connectivity index (χ0n) is 15.1. The molecule has 0 fully saturated rings. The highest BCUT2D eigenvalue weighted by Crippen LogP contribution is 2.20. The summed E-state index contributed by atoms with van der Waals surface area (Å²) in [5.41, 5.74) is 7.31. The van der Waals surface area contributed by atoms with Crippen LogP contribution >= 0.6 is 0 Å². The fraction of sp³-hybridized carbons (Fsp3) is 0.143. The van der Waals surface area contributed by atoms with Crippen LogP contribution in [0, 0.1) is 13.8 Å². The highest BCUT2D eigenvalue weighted by molar-refractivity contribution is 5.97. The number of nitrogens with one attached hydrogen (secondary N) is 2. The Labute approximate surface area is 157 Å². The van der Waals surface area contributed by atoms with Crippen LogP contribution in [0.4, 0.5) is 0 Å². The summed E-state index contributed by atoms with van der Waals surface area (Å²) in [4.78, 5) is 24.0. The van der Waals surface area contributed by atoms with Gasteiger partial charge in [-0.3, -0.25) is 20.4 Å². The second-order valence-electron chi connectivity index (χ2n) is 6.10. The molecule has 2 amide bonds. The van der Waals surface area contributed by atoms with Gasteiger partial charge in [0, 0.05) is 5.56 Å². The lowest BCUT2D eigenvalue weighted by molar-refractivity contribution is 0.0828. The van der Waals surface area contributed by atoms with Crippen molar-refractivity contribution in [2.75, 3.05) is 0 Å². The Kier molecular flexibility index (Phi) is 5.56. The minimum Gasteiger partial charge on any atom is -0.485 e. The van der Waals surface area contributed by atoms with E-state index in [0.717, 1.165) is 16.9 Å². The molecule has 3 aromatic rings. The summed E-state index contributed by atoms with van der Waals surface area (Å²) in [6, 6.07) is 17.7.